The highest BCUT2D eigenvalue weighted by Crippen LogP contribution is 2.20. The zero-order valence-electron chi connectivity index (χ0n) is 21.2. The number of nitrogens with zero attached hydrogens (tertiary/aromatic N) is 4. The Morgan fingerprint density at radius 2 is 1.92 bits per heavy atom. The van der Waals surface area contributed by atoms with E-state index in [1.54, 1.807) is 31.3 Å². The third-order valence-corrected chi connectivity index (χ3v) is 6.11. The van der Waals surface area contributed by atoms with Crippen LogP contribution in [0.1, 0.15) is 57.5 Å². The highest BCUT2D eigenvalue weighted by Gasteiger charge is 2.18. The Hall–Kier alpha value is -5.07. The minimum absolute atomic E-state index is 0.0398. The molecule has 1 aliphatic rings. The zero-order valence-corrected chi connectivity index (χ0v) is 21.2. The molecule has 2 aromatic heterocycles. The number of nitrogens with one attached hydrogen (secondary N) is 3. The number of allylic oxidation sites excluding steroid dienone is 3. The number of primary amides is 1. The average molecular weight is 533 g/mol. The number of amides is 4. The zero-order chi connectivity index (χ0) is 27.8. The van der Waals surface area contributed by atoms with E-state index in [-0.39, 0.29) is 29.9 Å². The number of urea groups is 1. The van der Waals surface area contributed by atoms with Gasteiger partial charge >= 0.3 is 11.8 Å². The summed E-state index contributed by atoms with van der Waals surface area (Å²) in [6, 6.07) is 7.47. The van der Waals surface area contributed by atoms with Crippen LogP contribution in [0.25, 0.3) is 0 Å². The lowest BCUT2D eigenvalue weighted by Gasteiger charge is -2.15. The van der Waals surface area contributed by atoms with Crippen LogP contribution >= 0.6 is 0 Å². The molecule has 0 saturated carbocycles. The lowest BCUT2D eigenvalue weighted by Crippen LogP contribution is -2.34. The molecule has 1 unspecified atom stereocenters. The maximum atomic E-state index is 12.9. The monoisotopic (exact) mass is 532 g/mol. The summed E-state index contributed by atoms with van der Waals surface area (Å²) in [5.74, 6) is -1.22. The van der Waals surface area contributed by atoms with Crippen molar-refractivity contribution in [2.24, 2.45) is 5.73 Å². The van der Waals surface area contributed by atoms with Gasteiger partial charge in [0.15, 0.2) is 5.82 Å². The number of aromatic amines is 1. The highest BCUT2D eigenvalue weighted by molar-refractivity contribution is 5.97. The molecular formula is C26H28N8O5. The second-order valence-corrected chi connectivity index (χ2v) is 8.87. The van der Waals surface area contributed by atoms with E-state index in [0.717, 1.165) is 11.9 Å². The maximum absolute atomic E-state index is 12.9. The van der Waals surface area contributed by atoms with Gasteiger partial charge in [0.2, 0.25) is 0 Å². The Kier molecular flexibility index (Phi) is 8.61. The molecule has 0 aliphatic heterocycles. The summed E-state index contributed by atoms with van der Waals surface area (Å²) in [6.07, 6.45) is 10.8. The Bertz CT molecular complexity index is 1460. The first-order chi connectivity index (χ1) is 18.8. The van der Waals surface area contributed by atoms with E-state index in [4.69, 9.17) is 5.73 Å². The Morgan fingerprint density at radius 1 is 1.13 bits per heavy atom. The van der Waals surface area contributed by atoms with E-state index in [9.17, 15) is 19.2 Å². The molecule has 0 saturated heterocycles. The molecule has 4 amide bonds. The van der Waals surface area contributed by atoms with Crippen LogP contribution < -0.4 is 27.0 Å². The van der Waals surface area contributed by atoms with Crippen molar-refractivity contribution in [2.45, 2.75) is 37.8 Å². The van der Waals surface area contributed by atoms with Crippen molar-refractivity contribution in [3.63, 3.8) is 0 Å². The second-order valence-electron chi connectivity index (χ2n) is 8.87. The molecule has 1 aromatic carbocycles. The fraction of sp³-hybridized carbons (Fsp3) is 0.269. The van der Waals surface area contributed by atoms with E-state index in [2.05, 4.69) is 35.3 Å². The number of nitrogens with two attached hydrogens (primary N) is 1. The number of carbonyl (C=O) groups excluding carboxylic acids is 3. The summed E-state index contributed by atoms with van der Waals surface area (Å²) < 4.78 is 4.60. The summed E-state index contributed by atoms with van der Waals surface area (Å²) in [4.78, 5) is 60.2. The van der Waals surface area contributed by atoms with Crippen molar-refractivity contribution < 1.29 is 18.9 Å². The number of H-pyrrole nitrogens is 1. The SMILES string of the molecule is CN(C(N)=O)c1cccc(CNC(=O)c2cc(C(=O)N[C@@H]3/C=C/CC(c4noc(=O)[nH]4)/C=C/CC3)ncn2)c1. The van der Waals surface area contributed by atoms with Gasteiger partial charge in [-0.15, -0.1) is 0 Å². The van der Waals surface area contributed by atoms with Crippen LogP contribution in [-0.4, -0.2) is 51.0 Å². The van der Waals surface area contributed by atoms with Gasteiger partial charge in [-0.05, 0) is 37.0 Å². The minimum Gasteiger partial charge on any atom is -0.351 e. The smallest absolute Gasteiger partial charge is 0.351 e. The first kappa shape index (κ1) is 27.0. The van der Waals surface area contributed by atoms with Crippen molar-refractivity contribution in [3.05, 3.63) is 94.3 Å². The van der Waals surface area contributed by atoms with Gasteiger partial charge in [0.25, 0.3) is 11.8 Å². The molecule has 13 heteroatoms. The summed E-state index contributed by atoms with van der Waals surface area (Å²) in [5, 5.41) is 9.43. The summed E-state index contributed by atoms with van der Waals surface area (Å²) in [5.41, 5.74) is 6.75. The molecule has 1 aliphatic carbocycles. The summed E-state index contributed by atoms with van der Waals surface area (Å²) in [7, 11) is 1.55. The molecule has 202 valence electrons. The number of anilines is 1. The predicted octanol–water partition coefficient (Wildman–Crippen LogP) is 1.78. The molecule has 0 spiro atoms. The van der Waals surface area contributed by atoms with E-state index in [0.29, 0.717) is 30.8 Å². The normalized spacial score (nSPS) is 18.6. The van der Waals surface area contributed by atoms with E-state index in [1.807, 2.05) is 24.3 Å². The van der Waals surface area contributed by atoms with Gasteiger partial charge in [-0.25, -0.2) is 19.6 Å². The quantitative estimate of drug-likeness (QED) is 0.331. The minimum atomic E-state index is -0.604. The summed E-state index contributed by atoms with van der Waals surface area (Å²) >= 11 is 0. The fourth-order valence-electron chi connectivity index (χ4n) is 3.95. The Labute approximate surface area is 223 Å². The molecule has 2 atom stereocenters. The van der Waals surface area contributed by atoms with Gasteiger partial charge in [-0.1, -0.05) is 41.6 Å². The number of rotatable bonds is 7. The molecule has 0 fully saturated rings. The number of hydrogen-bond acceptors (Lipinski definition) is 8. The lowest BCUT2D eigenvalue weighted by atomic mass is 10.0. The van der Waals surface area contributed by atoms with Crippen LogP contribution in [0.3, 0.4) is 0 Å². The topological polar surface area (TPSA) is 189 Å². The molecule has 13 nitrogen and oxygen atoms in total. The third kappa shape index (κ3) is 7.25. The molecule has 0 bridgehead atoms. The Morgan fingerprint density at radius 3 is 2.67 bits per heavy atom. The summed E-state index contributed by atoms with van der Waals surface area (Å²) in [6.45, 7) is 0.175. The predicted molar refractivity (Wildman–Crippen MR) is 141 cm³/mol. The van der Waals surface area contributed by atoms with Crippen molar-refractivity contribution in [2.75, 3.05) is 11.9 Å². The van der Waals surface area contributed by atoms with Crippen LogP contribution in [0, 0.1) is 0 Å². The van der Waals surface area contributed by atoms with Crippen molar-refractivity contribution in [1.82, 2.24) is 30.7 Å². The van der Waals surface area contributed by atoms with Crippen LogP contribution in [0.15, 0.2) is 70.3 Å². The van der Waals surface area contributed by atoms with Crippen LogP contribution in [0.2, 0.25) is 0 Å². The lowest BCUT2D eigenvalue weighted by molar-refractivity contribution is 0.0937. The standard InChI is InChI=1S/C26H28N8O5/c1-34(25(27)37)19-11-4-6-16(12-19)14-28-23(35)20-13-21(30-15-29-20)24(36)31-18-9-3-2-7-17(8-5-10-18)22-32-26(38)39-33-22/h2,4-7,10-13,15,17-18H,3,8-9,14H2,1H3,(H2,27,37)(H,28,35)(H,31,36)(H,32,33,38)/b7-2+,10-5+/t17?,18-/m0/s1. The maximum Gasteiger partial charge on any atom is 0.438 e. The molecule has 3 aromatic rings. The van der Waals surface area contributed by atoms with Gasteiger partial charge < -0.3 is 16.4 Å². The van der Waals surface area contributed by atoms with Crippen molar-refractivity contribution >= 4 is 23.5 Å². The van der Waals surface area contributed by atoms with Crippen LogP contribution in [0.4, 0.5) is 10.5 Å². The molecular weight excluding hydrogens is 504 g/mol. The van der Waals surface area contributed by atoms with Crippen molar-refractivity contribution in [3.8, 4) is 0 Å². The van der Waals surface area contributed by atoms with Gasteiger partial charge in [0.1, 0.15) is 17.7 Å². The van der Waals surface area contributed by atoms with Crippen LogP contribution in [-0.2, 0) is 6.54 Å². The van der Waals surface area contributed by atoms with E-state index < -0.39 is 23.6 Å². The molecule has 39 heavy (non-hydrogen) atoms. The Balaban J connectivity index is 1.35. The first-order valence-electron chi connectivity index (χ1n) is 12.2. The third-order valence-electron chi connectivity index (χ3n) is 6.11. The largest absolute Gasteiger partial charge is 0.438 e. The molecule has 0 radical (unpaired) electrons. The number of hydrogen-bond donors (Lipinski definition) is 4. The number of carbonyl (C=O) groups is 3. The first-order valence-corrected chi connectivity index (χ1v) is 12.2. The highest BCUT2D eigenvalue weighted by atomic mass is 16.5. The molecule has 4 rings (SSSR count). The number of aromatic nitrogens is 4. The fourth-order valence-corrected chi connectivity index (χ4v) is 3.95. The van der Waals surface area contributed by atoms with Gasteiger partial charge in [-0.2, -0.15) is 0 Å². The van der Waals surface area contributed by atoms with Gasteiger partial charge in [0.05, 0.1) is 0 Å². The van der Waals surface area contributed by atoms with Gasteiger partial charge in [0, 0.05) is 37.3 Å². The van der Waals surface area contributed by atoms with Gasteiger partial charge in [-0.3, -0.25) is 24.0 Å². The average Bonchev–Trinajstić information content (AvgIpc) is 3.41. The van der Waals surface area contributed by atoms with Crippen molar-refractivity contribution in [1.29, 1.82) is 0 Å². The number of benzene rings is 1. The van der Waals surface area contributed by atoms with E-state index >= 15 is 0 Å². The molecule has 5 N–H and O–H groups in total. The second kappa shape index (κ2) is 12.4. The molecule has 2 heterocycles. The van der Waals surface area contributed by atoms with Crippen LogP contribution in [0.5, 0.6) is 0 Å². The van der Waals surface area contributed by atoms with E-state index in [1.165, 1.54) is 11.0 Å².